The lowest BCUT2D eigenvalue weighted by atomic mass is 10.2. The maximum Gasteiger partial charge on any atom is 0.253 e. The van der Waals surface area contributed by atoms with E-state index in [2.05, 4.69) is 12.2 Å². The average molecular weight is 219 g/mol. The predicted molar refractivity (Wildman–Crippen MR) is 61.8 cm³/mol. The molecule has 3 heteroatoms. The molecule has 0 spiro atoms. The minimum Gasteiger partial charge on any atom is -0.450 e. The van der Waals surface area contributed by atoms with Gasteiger partial charge in [-0.25, -0.2) is 0 Å². The van der Waals surface area contributed by atoms with Crippen LogP contribution in [0.5, 0.6) is 11.5 Å². The van der Waals surface area contributed by atoms with Crippen LogP contribution >= 0.6 is 0 Å². The summed E-state index contributed by atoms with van der Waals surface area (Å²) in [6, 6.07) is 6.05. The van der Waals surface area contributed by atoms with Gasteiger partial charge in [0.1, 0.15) is 0 Å². The molecule has 1 aromatic rings. The second-order valence-electron chi connectivity index (χ2n) is 4.72. The number of hydrogen-bond acceptors (Lipinski definition) is 3. The van der Waals surface area contributed by atoms with Crippen molar-refractivity contribution in [1.29, 1.82) is 0 Å². The van der Waals surface area contributed by atoms with Crippen LogP contribution in [-0.4, -0.2) is 19.4 Å². The van der Waals surface area contributed by atoms with E-state index >= 15 is 0 Å². The van der Waals surface area contributed by atoms with Gasteiger partial charge in [0.05, 0.1) is 6.54 Å². The third-order valence-corrected chi connectivity index (χ3v) is 3.06. The average Bonchev–Trinajstić information content (AvgIpc) is 2.98. The van der Waals surface area contributed by atoms with Gasteiger partial charge in [-0.05, 0) is 49.9 Å². The SMILES string of the molecule is Cc1ccc2c(c1)OC(CNCC1CC1)O2. The van der Waals surface area contributed by atoms with Crippen molar-refractivity contribution >= 4 is 0 Å². The molecule has 86 valence electrons. The first-order valence-corrected chi connectivity index (χ1v) is 5.96. The van der Waals surface area contributed by atoms with Crippen molar-refractivity contribution in [3.63, 3.8) is 0 Å². The topological polar surface area (TPSA) is 30.5 Å². The second kappa shape index (κ2) is 3.98. The molecule has 1 atom stereocenters. The van der Waals surface area contributed by atoms with Gasteiger partial charge in [0.15, 0.2) is 11.5 Å². The van der Waals surface area contributed by atoms with E-state index in [9.17, 15) is 0 Å². The van der Waals surface area contributed by atoms with Crippen LogP contribution in [0.25, 0.3) is 0 Å². The summed E-state index contributed by atoms with van der Waals surface area (Å²) in [7, 11) is 0. The lowest BCUT2D eigenvalue weighted by Gasteiger charge is -2.10. The van der Waals surface area contributed by atoms with E-state index in [1.165, 1.54) is 18.4 Å². The fraction of sp³-hybridized carbons (Fsp3) is 0.538. The summed E-state index contributed by atoms with van der Waals surface area (Å²) in [4.78, 5) is 0. The summed E-state index contributed by atoms with van der Waals surface area (Å²) in [5, 5.41) is 3.39. The molecule has 0 radical (unpaired) electrons. The molecule has 0 saturated heterocycles. The van der Waals surface area contributed by atoms with Crippen LogP contribution in [0.4, 0.5) is 0 Å². The Labute approximate surface area is 95.8 Å². The number of rotatable bonds is 4. The number of ether oxygens (including phenoxy) is 2. The quantitative estimate of drug-likeness (QED) is 0.841. The molecule has 1 unspecified atom stereocenters. The molecule has 1 N–H and O–H groups in total. The number of fused-ring (bicyclic) bond motifs is 1. The van der Waals surface area contributed by atoms with E-state index < -0.39 is 0 Å². The van der Waals surface area contributed by atoms with Gasteiger partial charge in [-0.1, -0.05) is 6.07 Å². The summed E-state index contributed by atoms with van der Waals surface area (Å²) >= 11 is 0. The number of hydrogen-bond donors (Lipinski definition) is 1. The van der Waals surface area contributed by atoms with Crippen LogP contribution < -0.4 is 14.8 Å². The Bertz CT molecular complexity index is 388. The molecule has 1 heterocycles. The highest BCUT2D eigenvalue weighted by Gasteiger charge is 2.25. The Balaban J connectivity index is 1.53. The van der Waals surface area contributed by atoms with Gasteiger partial charge < -0.3 is 14.8 Å². The summed E-state index contributed by atoms with van der Waals surface area (Å²) < 4.78 is 11.4. The Kier molecular flexibility index (Phi) is 2.48. The highest BCUT2D eigenvalue weighted by molar-refractivity contribution is 5.44. The highest BCUT2D eigenvalue weighted by Crippen LogP contribution is 2.35. The van der Waals surface area contributed by atoms with Crippen molar-refractivity contribution in [1.82, 2.24) is 5.32 Å². The van der Waals surface area contributed by atoms with Crippen molar-refractivity contribution in [2.45, 2.75) is 26.1 Å². The molecular weight excluding hydrogens is 202 g/mol. The molecular formula is C13H17NO2. The van der Waals surface area contributed by atoms with Crippen LogP contribution in [0.1, 0.15) is 18.4 Å². The minimum atomic E-state index is -0.157. The first-order chi connectivity index (χ1) is 7.81. The highest BCUT2D eigenvalue weighted by atomic mass is 16.7. The standard InChI is InChI=1S/C13H17NO2/c1-9-2-5-11-12(6-9)16-13(15-11)8-14-7-10-3-4-10/h2,5-6,10,13-14H,3-4,7-8H2,1H3. The monoisotopic (exact) mass is 219 g/mol. The molecule has 1 fully saturated rings. The van der Waals surface area contributed by atoms with E-state index in [1.54, 1.807) is 0 Å². The summed E-state index contributed by atoms with van der Waals surface area (Å²) in [6.07, 6.45) is 2.59. The lowest BCUT2D eigenvalue weighted by molar-refractivity contribution is 0.0498. The van der Waals surface area contributed by atoms with E-state index in [-0.39, 0.29) is 6.29 Å². The van der Waals surface area contributed by atoms with Crippen molar-refractivity contribution in [2.24, 2.45) is 5.92 Å². The predicted octanol–water partition coefficient (Wildman–Crippen LogP) is 2.09. The minimum absolute atomic E-state index is 0.157. The van der Waals surface area contributed by atoms with Crippen molar-refractivity contribution < 1.29 is 9.47 Å². The third kappa shape index (κ3) is 2.14. The van der Waals surface area contributed by atoms with Crippen LogP contribution in [0.3, 0.4) is 0 Å². The molecule has 16 heavy (non-hydrogen) atoms. The molecule has 1 saturated carbocycles. The Morgan fingerprint density at radius 1 is 1.19 bits per heavy atom. The zero-order valence-corrected chi connectivity index (χ0v) is 9.53. The first-order valence-electron chi connectivity index (χ1n) is 5.96. The Hall–Kier alpha value is -1.22. The molecule has 3 nitrogen and oxygen atoms in total. The van der Waals surface area contributed by atoms with Crippen molar-refractivity contribution in [3.8, 4) is 11.5 Å². The molecule has 1 aromatic carbocycles. The van der Waals surface area contributed by atoms with Crippen molar-refractivity contribution in [2.75, 3.05) is 13.1 Å². The fourth-order valence-electron chi connectivity index (χ4n) is 1.92. The summed E-state index contributed by atoms with van der Waals surface area (Å²) in [5.74, 6) is 2.63. The fourth-order valence-corrected chi connectivity index (χ4v) is 1.92. The third-order valence-electron chi connectivity index (χ3n) is 3.06. The van der Waals surface area contributed by atoms with Crippen molar-refractivity contribution in [3.05, 3.63) is 23.8 Å². The molecule has 3 rings (SSSR count). The Morgan fingerprint density at radius 3 is 2.81 bits per heavy atom. The van der Waals surface area contributed by atoms with Crippen LogP contribution in [-0.2, 0) is 0 Å². The van der Waals surface area contributed by atoms with Crippen LogP contribution in [0.15, 0.2) is 18.2 Å². The normalized spacial score (nSPS) is 22.4. The van der Waals surface area contributed by atoms with Crippen LogP contribution in [0.2, 0.25) is 0 Å². The zero-order chi connectivity index (χ0) is 11.0. The van der Waals surface area contributed by atoms with Gasteiger partial charge in [0, 0.05) is 0 Å². The molecule has 1 aliphatic heterocycles. The summed E-state index contributed by atoms with van der Waals surface area (Å²) in [6.45, 7) is 3.92. The van der Waals surface area contributed by atoms with E-state index in [4.69, 9.17) is 9.47 Å². The molecule has 1 aliphatic carbocycles. The first kappa shape index (κ1) is 9.97. The number of nitrogens with one attached hydrogen (secondary N) is 1. The maximum absolute atomic E-state index is 5.71. The van der Waals surface area contributed by atoms with Crippen LogP contribution in [0, 0.1) is 12.8 Å². The second-order valence-corrected chi connectivity index (χ2v) is 4.72. The van der Waals surface area contributed by atoms with Gasteiger partial charge >= 0.3 is 0 Å². The maximum atomic E-state index is 5.71. The van der Waals surface area contributed by atoms with Gasteiger partial charge in [-0.15, -0.1) is 0 Å². The molecule has 2 aliphatic rings. The summed E-state index contributed by atoms with van der Waals surface area (Å²) in [5.41, 5.74) is 1.20. The van der Waals surface area contributed by atoms with Gasteiger partial charge in [-0.3, -0.25) is 0 Å². The van der Waals surface area contributed by atoms with Gasteiger partial charge in [-0.2, -0.15) is 0 Å². The van der Waals surface area contributed by atoms with Gasteiger partial charge in [0.2, 0.25) is 0 Å². The van der Waals surface area contributed by atoms with Gasteiger partial charge in [0.25, 0.3) is 6.29 Å². The smallest absolute Gasteiger partial charge is 0.253 e. The van der Waals surface area contributed by atoms with E-state index in [0.29, 0.717) is 0 Å². The largest absolute Gasteiger partial charge is 0.450 e. The molecule has 0 amide bonds. The lowest BCUT2D eigenvalue weighted by Crippen LogP contribution is -2.33. The number of aryl methyl sites for hydroxylation is 1. The van der Waals surface area contributed by atoms with E-state index in [1.807, 2.05) is 18.2 Å². The molecule has 0 bridgehead atoms. The van der Waals surface area contributed by atoms with E-state index in [0.717, 1.165) is 30.5 Å². The Morgan fingerprint density at radius 2 is 2.00 bits per heavy atom. The zero-order valence-electron chi connectivity index (χ0n) is 9.53. The molecule has 0 aromatic heterocycles. The number of benzene rings is 1.